The first-order valence-electron chi connectivity index (χ1n) is 7.74. The molecule has 2 aromatic carbocycles. The Morgan fingerprint density at radius 3 is 2.41 bits per heavy atom. The molecule has 0 aromatic heterocycles. The number of benzene rings is 2. The van der Waals surface area contributed by atoms with Crippen molar-refractivity contribution in [1.82, 2.24) is 0 Å². The zero-order valence-electron chi connectivity index (χ0n) is 14.2. The summed E-state index contributed by atoms with van der Waals surface area (Å²) in [4.78, 5) is 23.8. The van der Waals surface area contributed by atoms with Crippen LogP contribution in [0.3, 0.4) is 0 Å². The molecule has 0 spiro atoms. The number of halogens is 3. The molecule has 0 saturated heterocycles. The van der Waals surface area contributed by atoms with E-state index in [4.69, 9.17) is 0 Å². The number of hydrogen-bond donors (Lipinski definition) is 1. The highest BCUT2D eigenvalue weighted by atomic mass is 32.2. The zero-order chi connectivity index (χ0) is 19.9. The van der Waals surface area contributed by atoms with Gasteiger partial charge in [0.1, 0.15) is 0 Å². The third kappa shape index (κ3) is 6.82. The first-order chi connectivity index (χ1) is 12.8. The van der Waals surface area contributed by atoms with E-state index in [9.17, 15) is 22.8 Å². The second-order valence-electron chi connectivity index (χ2n) is 5.34. The molecule has 0 heterocycles. The van der Waals surface area contributed by atoms with Crippen LogP contribution in [0, 0.1) is 0 Å². The standard InChI is InChI=1S/C19H16F3NO3S/c1-26-18(25)14-9-6-13(7-10-14)8-11-17(24)23-15-4-2-3-5-16(15)27-12-19(20,21)22/h2-11H,12H2,1H3,(H,23,24)/b11-8+. The summed E-state index contributed by atoms with van der Waals surface area (Å²) in [6.45, 7) is 0. The molecule has 4 nitrogen and oxygen atoms in total. The summed E-state index contributed by atoms with van der Waals surface area (Å²) >= 11 is 0.609. The summed E-state index contributed by atoms with van der Waals surface area (Å²) in [6.07, 6.45) is -1.50. The Bertz CT molecular complexity index is 833. The molecule has 8 heteroatoms. The highest BCUT2D eigenvalue weighted by molar-refractivity contribution is 7.99. The average molecular weight is 395 g/mol. The van der Waals surface area contributed by atoms with E-state index in [2.05, 4.69) is 10.1 Å². The highest BCUT2D eigenvalue weighted by Crippen LogP contribution is 2.32. The SMILES string of the molecule is COC(=O)c1ccc(/C=C/C(=O)Nc2ccccc2SCC(F)(F)F)cc1. The maximum absolute atomic E-state index is 12.4. The van der Waals surface area contributed by atoms with E-state index >= 15 is 0 Å². The van der Waals surface area contributed by atoms with Crippen LogP contribution in [-0.2, 0) is 9.53 Å². The largest absolute Gasteiger partial charge is 0.465 e. The third-order valence-corrected chi connectivity index (χ3v) is 4.43. The van der Waals surface area contributed by atoms with E-state index in [-0.39, 0.29) is 0 Å². The highest BCUT2D eigenvalue weighted by Gasteiger charge is 2.27. The van der Waals surface area contributed by atoms with Gasteiger partial charge in [0.25, 0.3) is 0 Å². The lowest BCUT2D eigenvalue weighted by molar-refractivity contribution is -0.112. The molecule has 0 aliphatic rings. The molecule has 0 aliphatic carbocycles. The van der Waals surface area contributed by atoms with Crippen LogP contribution in [0.4, 0.5) is 18.9 Å². The summed E-state index contributed by atoms with van der Waals surface area (Å²) in [5, 5.41) is 2.57. The molecule has 0 saturated carbocycles. The normalized spacial score (nSPS) is 11.4. The van der Waals surface area contributed by atoms with Crippen molar-refractivity contribution in [1.29, 1.82) is 0 Å². The Morgan fingerprint density at radius 2 is 1.78 bits per heavy atom. The summed E-state index contributed by atoms with van der Waals surface area (Å²) in [5.41, 5.74) is 1.37. The number of methoxy groups -OCH3 is 1. The Hall–Kier alpha value is -2.74. The molecule has 0 unspecified atom stereocenters. The molecule has 0 radical (unpaired) electrons. The fourth-order valence-electron chi connectivity index (χ4n) is 2.05. The Kier molecular flexibility index (Phi) is 7.06. The zero-order valence-corrected chi connectivity index (χ0v) is 15.1. The molecule has 142 valence electrons. The van der Waals surface area contributed by atoms with E-state index < -0.39 is 23.8 Å². The predicted molar refractivity (Wildman–Crippen MR) is 98.7 cm³/mol. The molecule has 0 aliphatic heterocycles. The van der Waals surface area contributed by atoms with Gasteiger partial charge in [0.15, 0.2) is 0 Å². The van der Waals surface area contributed by atoms with Crippen LogP contribution >= 0.6 is 11.8 Å². The van der Waals surface area contributed by atoms with Gasteiger partial charge in [-0.2, -0.15) is 13.2 Å². The van der Waals surface area contributed by atoms with Gasteiger partial charge in [0, 0.05) is 11.0 Å². The Morgan fingerprint density at radius 1 is 1.11 bits per heavy atom. The molecule has 27 heavy (non-hydrogen) atoms. The first-order valence-corrected chi connectivity index (χ1v) is 8.73. The monoisotopic (exact) mass is 395 g/mol. The number of amides is 1. The van der Waals surface area contributed by atoms with E-state index in [1.165, 1.54) is 31.4 Å². The minimum atomic E-state index is -4.29. The number of alkyl halides is 3. The molecular weight excluding hydrogens is 379 g/mol. The van der Waals surface area contributed by atoms with Crippen molar-refractivity contribution < 1.29 is 27.5 Å². The van der Waals surface area contributed by atoms with Crippen LogP contribution in [0.2, 0.25) is 0 Å². The fourth-order valence-corrected chi connectivity index (χ4v) is 2.82. The summed E-state index contributed by atoms with van der Waals surface area (Å²) in [5.74, 6) is -1.98. The smallest absolute Gasteiger partial charge is 0.398 e. The van der Waals surface area contributed by atoms with Gasteiger partial charge in [-0.25, -0.2) is 4.79 Å². The fraction of sp³-hybridized carbons (Fsp3) is 0.158. The quantitative estimate of drug-likeness (QED) is 0.435. The van der Waals surface area contributed by atoms with E-state index in [0.29, 0.717) is 33.5 Å². The number of rotatable bonds is 6. The number of anilines is 1. The van der Waals surface area contributed by atoms with Gasteiger partial charge in [-0.3, -0.25) is 4.79 Å². The number of esters is 1. The molecule has 0 atom stereocenters. The number of ether oxygens (including phenoxy) is 1. The van der Waals surface area contributed by atoms with Crippen molar-refractivity contribution in [2.24, 2.45) is 0 Å². The van der Waals surface area contributed by atoms with Crippen LogP contribution in [0.1, 0.15) is 15.9 Å². The number of nitrogens with one attached hydrogen (secondary N) is 1. The summed E-state index contributed by atoms with van der Waals surface area (Å²) < 4.78 is 41.8. The van der Waals surface area contributed by atoms with Crippen LogP contribution in [0.15, 0.2) is 59.5 Å². The van der Waals surface area contributed by atoms with Gasteiger partial charge in [0.2, 0.25) is 5.91 Å². The van der Waals surface area contributed by atoms with Gasteiger partial charge < -0.3 is 10.1 Å². The minimum absolute atomic E-state index is 0.308. The molecule has 1 N–H and O–H groups in total. The lowest BCUT2D eigenvalue weighted by Gasteiger charge is -2.10. The second-order valence-corrected chi connectivity index (χ2v) is 6.35. The third-order valence-electron chi connectivity index (χ3n) is 3.30. The van der Waals surface area contributed by atoms with Crippen molar-refractivity contribution in [2.45, 2.75) is 11.1 Å². The molecule has 2 aromatic rings. The predicted octanol–water partition coefficient (Wildman–Crippen LogP) is 4.78. The van der Waals surface area contributed by atoms with Crippen molar-refractivity contribution in [3.63, 3.8) is 0 Å². The number of para-hydroxylation sites is 1. The van der Waals surface area contributed by atoms with Gasteiger partial charge in [-0.05, 0) is 35.9 Å². The van der Waals surface area contributed by atoms with Crippen molar-refractivity contribution in [2.75, 3.05) is 18.2 Å². The molecule has 0 bridgehead atoms. The van der Waals surface area contributed by atoms with Crippen molar-refractivity contribution in [3.8, 4) is 0 Å². The second kappa shape index (κ2) is 9.27. The molecule has 2 rings (SSSR count). The van der Waals surface area contributed by atoms with Crippen molar-refractivity contribution >= 4 is 35.4 Å². The molecule has 0 fully saturated rings. The number of carbonyl (C=O) groups is 2. The minimum Gasteiger partial charge on any atom is -0.465 e. The first kappa shape index (κ1) is 20.6. The van der Waals surface area contributed by atoms with Gasteiger partial charge in [0.05, 0.1) is 24.1 Å². The maximum Gasteiger partial charge on any atom is 0.398 e. The van der Waals surface area contributed by atoms with Gasteiger partial charge in [-0.15, -0.1) is 11.8 Å². The van der Waals surface area contributed by atoms with E-state index in [1.54, 1.807) is 36.4 Å². The number of thioether (sulfide) groups is 1. The number of carbonyl (C=O) groups excluding carboxylic acids is 2. The van der Waals surface area contributed by atoms with E-state index in [0.717, 1.165) is 0 Å². The Balaban J connectivity index is 2.01. The Labute approximate surface area is 158 Å². The van der Waals surface area contributed by atoms with Crippen LogP contribution in [0.5, 0.6) is 0 Å². The average Bonchev–Trinajstić information content (AvgIpc) is 2.65. The van der Waals surface area contributed by atoms with Gasteiger partial charge in [-0.1, -0.05) is 24.3 Å². The number of hydrogen-bond acceptors (Lipinski definition) is 4. The summed E-state index contributed by atoms with van der Waals surface area (Å²) in [7, 11) is 1.28. The lowest BCUT2D eigenvalue weighted by atomic mass is 10.1. The lowest BCUT2D eigenvalue weighted by Crippen LogP contribution is -2.12. The topological polar surface area (TPSA) is 55.4 Å². The van der Waals surface area contributed by atoms with Crippen LogP contribution in [-0.4, -0.2) is 30.9 Å². The molecule has 1 amide bonds. The van der Waals surface area contributed by atoms with Gasteiger partial charge >= 0.3 is 12.1 Å². The van der Waals surface area contributed by atoms with Crippen LogP contribution < -0.4 is 5.32 Å². The van der Waals surface area contributed by atoms with Crippen LogP contribution in [0.25, 0.3) is 6.08 Å². The van der Waals surface area contributed by atoms with E-state index in [1.807, 2.05) is 0 Å². The van der Waals surface area contributed by atoms with Crippen molar-refractivity contribution in [3.05, 3.63) is 65.7 Å². The molecular formula is C19H16F3NO3S. The summed E-state index contributed by atoms with van der Waals surface area (Å²) in [6, 6.07) is 12.7. The maximum atomic E-state index is 12.4.